The van der Waals surface area contributed by atoms with Crippen LogP contribution in [0.15, 0.2) is 35.5 Å². The van der Waals surface area contributed by atoms with Gasteiger partial charge in [0.2, 0.25) is 0 Å². The van der Waals surface area contributed by atoms with E-state index in [4.69, 9.17) is 4.84 Å². The monoisotopic (exact) mass is 163 g/mol. The van der Waals surface area contributed by atoms with Gasteiger partial charge in [0.25, 0.3) is 0 Å². The van der Waals surface area contributed by atoms with E-state index < -0.39 is 0 Å². The van der Waals surface area contributed by atoms with E-state index in [1.165, 1.54) is 0 Å². The van der Waals surface area contributed by atoms with E-state index in [0.29, 0.717) is 0 Å². The molecule has 0 radical (unpaired) electrons. The van der Waals surface area contributed by atoms with Gasteiger partial charge in [0.1, 0.15) is 6.10 Å². The zero-order valence-electron chi connectivity index (χ0n) is 7.40. The average Bonchev–Trinajstić information content (AvgIpc) is 2.15. The number of nitrogens with zero attached hydrogens (tertiary/aromatic N) is 1. The van der Waals surface area contributed by atoms with Gasteiger partial charge in [-0.2, -0.15) is 0 Å². The molecular formula is C10H13NO. The first-order chi connectivity index (χ1) is 5.84. The molecule has 0 aliphatic carbocycles. The van der Waals surface area contributed by atoms with Crippen molar-refractivity contribution in [3.05, 3.63) is 35.9 Å². The van der Waals surface area contributed by atoms with Crippen LogP contribution < -0.4 is 0 Å². The summed E-state index contributed by atoms with van der Waals surface area (Å²) < 4.78 is 0. The van der Waals surface area contributed by atoms with E-state index >= 15 is 0 Å². The smallest absolute Gasteiger partial charge is 0.149 e. The summed E-state index contributed by atoms with van der Waals surface area (Å²) in [6.45, 7) is 3.81. The van der Waals surface area contributed by atoms with Gasteiger partial charge in [0.15, 0.2) is 0 Å². The van der Waals surface area contributed by atoms with Crippen LogP contribution >= 0.6 is 0 Å². The highest BCUT2D eigenvalue weighted by atomic mass is 16.6. The molecule has 1 unspecified atom stereocenters. The van der Waals surface area contributed by atoms with Crippen LogP contribution in [0, 0.1) is 0 Å². The van der Waals surface area contributed by atoms with Crippen molar-refractivity contribution in [2.24, 2.45) is 5.16 Å². The molecule has 1 atom stereocenters. The SMILES string of the molecule is C/C=N\OC(C)c1ccccc1. The Hall–Kier alpha value is -1.31. The second-order valence-electron chi connectivity index (χ2n) is 2.52. The highest BCUT2D eigenvalue weighted by Gasteiger charge is 2.02. The molecule has 0 N–H and O–H groups in total. The Kier molecular flexibility index (Phi) is 3.33. The molecule has 0 amide bonds. The highest BCUT2D eigenvalue weighted by Crippen LogP contribution is 2.15. The van der Waals surface area contributed by atoms with Crippen molar-refractivity contribution >= 4 is 6.21 Å². The van der Waals surface area contributed by atoms with Crippen LogP contribution in [0.2, 0.25) is 0 Å². The Labute approximate surface area is 72.9 Å². The van der Waals surface area contributed by atoms with Crippen molar-refractivity contribution in [3.63, 3.8) is 0 Å². The summed E-state index contributed by atoms with van der Waals surface area (Å²) >= 11 is 0. The summed E-state index contributed by atoms with van der Waals surface area (Å²) in [7, 11) is 0. The van der Waals surface area contributed by atoms with E-state index in [9.17, 15) is 0 Å². The van der Waals surface area contributed by atoms with Crippen LogP contribution in [0.3, 0.4) is 0 Å². The molecule has 0 aliphatic heterocycles. The lowest BCUT2D eigenvalue weighted by molar-refractivity contribution is 0.0734. The van der Waals surface area contributed by atoms with Gasteiger partial charge in [-0.3, -0.25) is 0 Å². The van der Waals surface area contributed by atoms with Gasteiger partial charge >= 0.3 is 0 Å². The lowest BCUT2D eigenvalue weighted by Crippen LogP contribution is -1.94. The summed E-state index contributed by atoms with van der Waals surface area (Å²) in [6.07, 6.45) is 1.67. The third-order valence-corrected chi connectivity index (χ3v) is 1.59. The normalized spacial score (nSPS) is 13.2. The van der Waals surface area contributed by atoms with E-state index in [-0.39, 0.29) is 6.10 Å². The number of rotatable bonds is 3. The van der Waals surface area contributed by atoms with Gasteiger partial charge in [0.05, 0.1) is 0 Å². The second-order valence-corrected chi connectivity index (χ2v) is 2.52. The zero-order chi connectivity index (χ0) is 8.81. The van der Waals surface area contributed by atoms with Crippen molar-refractivity contribution < 1.29 is 4.84 Å². The van der Waals surface area contributed by atoms with Gasteiger partial charge in [-0.1, -0.05) is 35.5 Å². The van der Waals surface area contributed by atoms with Crippen LogP contribution in [0.5, 0.6) is 0 Å². The Balaban J connectivity index is 2.59. The molecule has 0 spiro atoms. The summed E-state index contributed by atoms with van der Waals surface area (Å²) in [5.74, 6) is 0. The molecular weight excluding hydrogens is 150 g/mol. The van der Waals surface area contributed by atoms with E-state index in [1.807, 2.05) is 44.2 Å². The quantitative estimate of drug-likeness (QED) is 0.496. The fourth-order valence-corrected chi connectivity index (χ4v) is 0.937. The van der Waals surface area contributed by atoms with E-state index in [0.717, 1.165) is 5.56 Å². The maximum absolute atomic E-state index is 5.15. The maximum Gasteiger partial charge on any atom is 0.149 e. The average molecular weight is 163 g/mol. The van der Waals surface area contributed by atoms with Crippen LogP contribution in [0.1, 0.15) is 25.5 Å². The molecule has 0 saturated heterocycles. The summed E-state index contributed by atoms with van der Waals surface area (Å²) in [5.41, 5.74) is 1.14. The third-order valence-electron chi connectivity index (χ3n) is 1.59. The molecule has 0 bridgehead atoms. The summed E-state index contributed by atoms with van der Waals surface area (Å²) in [6, 6.07) is 10.0. The lowest BCUT2D eigenvalue weighted by atomic mass is 10.1. The number of benzene rings is 1. The Morgan fingerprint density at radius 3 is 2.58 bits per heavy atom. The topological polar surface area (TPSA) is 21.6 Å². The molecule has 0 saturated carbocycles. The molecule has 64 valence electrons. The number of oxime groups is 1. The van der Waals surface area contributed by atoms with Crippen LogP contribution in [0.25, 0.3) is 0 Å². The second kappa shape index (κ2) is 4.54. The minimum absolute atomic E-state index is 0.0300. The molecule has 2 heteroatoms. The fraction of sp³-hybridized carbons (Fsp3) is 0.300. The Morgan fingerprint density at radius 1 is 1.33 bits per heavy atom. The first-order valence-electron chi connectivity index (χ1n) is 4.03. The van der Waals surface area contributed by atoms with Crippen LogP contribution in [0.4, 0.5) is 0 Å². The van der Waals surface area contributed by atoms with E-state index in [2.05, 4.69) is 5.16 Å². The third kappa shape index (κ3) is 2.38. The van der Waals surface area contributed by atoms with Crippen molar-refractivity contribution in [1.29, 1.82) is 0 Å². The van der Waals surface area contributed by atoms with Gasteiger partial charge in [-0.15, -0.1) is 0 Å². The molecule has 12 heavy (non-hydrogen) atoms. The predicted octanol–water partition coefficient (Wildman–Crippen LogP) is 2.77. The van der Waals surface area contributed by atoms with Gasteiger partial charge in [-0.05, 0) is 19.4 Å². The van der Waals surface area contributed by atoms with Gasteiger partial charge in [0, 0.05) is 6.21 Å². The fourth-order valence-electron chi connectivity index (χ4n) is 0.937. The molecule has 2 nitrogen and oxygen atoms in total. The predicted molar refractivity (Wildman–Crippen MR) is 50.1 cm³/mol. The van der Waals surface area contributed by atoms with Gasteiger partial charge in [-0.25, -0.2) is 0 Å². The molecule has 0 aliphatic rings. The molecule has 1 aromatic rings. The summed E-state index contributed by atoms with van der Waals surface area (Å²) in [5, 5.41) is 3.72. The van der Waals surface area contributed by atoms with Crippen molar-refractivity contribution in [3.8, 4) is 0 Å². The zero-order valence-corrected chi connectivity index (χ0v) is 7.40. The number of hydrogen-bond acceptors (Lipinski definition) is 2. The number of hydrogen-bond donors (Lipinski definition) is 0. The van der Waals surface area contributed by atoms with Crippen LogP contribution in [-0.2, 0) is 4.84 Å². The first kappa shape index (κ1) is 8.78. The molecule has 0 heterocycles. The minimum atomic E-state index is 0.0300. The Bertz CT molecular complexity index is 243. The minimum Gasteiger partial charge on any atom is -0.388 e. The molecule has 1 rings (SSSR count). The van der Waals surface area contributed by atoms with Crippen molar-refractivity contribution in [2.75, 3.05) is 0 Å². The van der Waals surface area contributed by atoms with Crippen LogP contribution in [-0.4, -0.2) is 6.21 Å². The lowest BCUT2D eigenvalue weighted by Gasteiger charge is -2.08. The summed E-state index contributed by atoms with van der Waals surface area (Å²) in [4.78, 5) is 5.15. The first-order valence-corrected chi connectivity index (χ1v) is 4.03. The maximum atomic E-state index is 5.15. The highest BCUT2D eigenvalue weighted by molar-refractivity contribution is 5.52. The molecule has 0 aromatic heterocycles. The molecule has 1 aromatic carbocycles. The van der Waals surface area contributed by atoms with Gasteiger partial charge < -0.3 is 4.84 Å². The molecule has 0 fully saturated rings. The largest absolute Gasteiger partial charge is 0.388 e. The van der Waals surface area contributed by atoms with E-state index in [1.54, 1.807) is 6.21 Å². The standard InChI is InChI=1S/C10H13NO/c1-3-11-12-9(2)10-7-5-4-6-8-10/h3-9H,1-2H3/b11-3-. The Morgan fingerprint density at radius 2 is 2.00 bits per heavy atom. The van der Waals surface area contributed by atoms with Crippen molar-refractivity contribution in [2.45, 2.75) is 20.0 Å². The van der Waals surface area contributed by atoms with Crippen molar-refractivity contribution in [1.82, 2.24) is 0 Å².